The number of carboxylic acids is 1. The Hall–Kier alpha value is -3.65. The van der Waals surface area contributed by atoms with Crippen LogP contribution in [-0.2, 0) is 19.4 Å². The molecule has 0 saturated heterocycles. The predicted molar refractivity (Wildman–Crippen MR) is 123 cm³/mol. The number of carbonyl (C=O) groups is 1. The number of ether oxygens (including phenoxy) is 1. The normalized spacial score (nSPS) is 12.4. The Bertz CT molecular complexity index is 1450. The first-order valence-electron chi connectivity index (χ1n) is 10.4. The zero-order valence-electron chi connectivity index (χ0n) is 17.1. The number of benzene rings is 2. The van der Waals surface area contributed by atoms with Crippen LogP contribution in [0.5, 0.6) is 5.75 Å². The molecular weight excluding hydrogens is 428 g/mol. The van der Waals surface area contributed by atoms with Crippen LogP contribution in [0.4, 0.5) is 0 Å². The Balaban J connectivity index is 1.39. The van der Waals surface area contributed by atoms with Gasteiger partial charge in [-0.2, -0.15) is 0 Å². The predicted octanol–water partition coefficient (Wildman–Crippen LogP) is 3.68. The molecule has 2 aromatic carbocycles. The molecule has 2 aromatic heterocycles. The van der Waals surface area contributed by atoms with Gasteiger partial charge in [0.25, 0.3) is 5.56 Å². The van der Waals surface area contributed by atoms with Crippen LogP contribution in [0.15, 0.2) is 58.1 Å². The van der Waals surface area contributed by atoms with E-state index in [4.69, 9.17) is 9.84 Å². The largest absolute Gasteiger partial charge is 0.494 e. The van der Waals surface area contributed by atoms with Crippen LogP contribution in [0.3, 0.4) is 0 Å². The van der Waals surface area contributed by atoms with Gasteiger partial charge in [0.1, 0.15) is 10.6 Å². The number of nitrogens with zero attached hydrogens (tertiary/aromatic N) is 1. The monoisotopic (exact) mass is 448 g/mol. The highest BCUT2D eigenvalue weighted by molar-refractivity contribution is 7.19. The Kier molecular flexibility index (Phi) is 5.14. The van der Waals surface area contributed by atoms with Crippen molar-refractivity contribution in [2.45, 2.75) is 25.8 Å². The highest BCUT2D eigenvalue weighted by Crippen LogP contribution is 2.41. The van der Waals surface area contributed by atoms with Crippen LogP contribution in [0.25, 0.3) is 21.3 Å². The van der Waals surface area contributed by atoms with E-state index in [0.29, 0.717) is 29.0 Å². The molecule has 162 valence electrons. The molecule has 7 nitrogen and oxygen atoms in total. The summed E-state index contributed by atoms with van der Waals surface area (Å²) in [4.78, 5) is 41.5. The van der Waals surface area contributed by atoms with Crippen LogP contribution >= 0.6 is 11.3 Å². The molecule has 0 spiro atoms. The fourth-order valence-corrected chi connectivity index (χ4v) is 5.36. The number of carboxylic acid groups (broad SMARTS) is 1. The number of thiophene rings is 1. The van der Waals surface area contributed by atoms with Crippen molar-refractivity contribution >= 4 is 27.5 Å². The van der Waals surface area contributed by atoms with Gasteiger partial charge in [-0.15, -0.1) is 11.3 Å². The first kappa shape index (κ1) is 20.3. The molecule has 0 aliphatic heterocycles. The van der Waals surface area contributed by atoms with E-state index in [0.717, 1.165) is 28.8 Å². The average Bonchev–Trinajstić information content (AvgIpc) is 3.17. The quantitative estimate of drug-likeness (QED) is 0.438. The van der Waals surface area contributed by atoms with Crippen LogP contribution in [0, 0.1) is 0 Å². The summed E-state index contributed by atoms with van der Waals surface area (Å²) in [6, 6.07) is 14.2. The lowest BCUT2D eigenvalue weighted by Gasteiger charge is -2.16. The summed E-state index contributed by atoms with van der Waals surface area (Å²) in [6.07, 6.45) is 2.25. The Morgan fingerprint density at radius 3 is 2.66 bits per heavy atom. The molecule has 0 bridgehead atoms. The number of nitrogens with one attached hydrogen (secondary N) is 1. The molecule has 0 amide bonds. The summed E-state index contributed by atoms with van der Waals surface area (Å²) in [5.41, 5.74) is 2.74. The Labute approximate surface area is 186 Å². The molecule has 0 radical (unpaired) electrons. The van der Waals surface area contributed by atoms with E-state index in [9.17, 15) is 14.4 Å². The molecule has 5 rings (SSSR count). The van der Waals surface area contributed by atoms with Crippen LogP contribution in [-0.4, -0.2) is 27.2 Å². The fraction of sp³-hybridized carbons (Fsp3) is 0.208. The van der Waals surface area contributed by atoms with Crippen molar-refractivity contribution in [3.05, 3.63) is 85.4 Å². The van der Waals surface area contributed by atoms with E-state index < -0.39 is 11.7 Å². The van der Waals surface area contributed by atoms with Crippen molar-refractivity contribution in [3.8, 4) is 16.9 Å². The molecule has 4 aromatic rings. The van der Waals surface area contributed by atoms with Gasteiger partial charge < -0.3 is 9.84 Å². The van der Waals surface area contributed by atoms with E-state index in [-0.39, 0.29) is 17.7 Å². The Morgan fingerprint density at radius 1 is 1.09 bits per heavy atom. The molecule has 0 fully saturated rings. The minimum absolute atomic E-state index is 0.185. The van der Waals surface area contributed by atoms with Gasteiger partial charge in [-0.1, -0.05) is 24.3 Å². The number of aromatic nitrogens is 2. The first-order valence-corrected chi connectivity index (χ1v) is 11.2. The highest BCUT2D eigenvalue weighted by atomic mass is 32.1. The van der Waals surface area contributed by atoms with E-state index in [1.807, 2.05) is 18.2 Å². The second-order valence-electron chi connectivity index (χ2n) is 7.68. The van der Waals surface area contributed by atoms with Gasteiger partial charge in [0, 0.05) is 17.0 Å². The summed E-state index contributed by atoms with van der Waals surface area (Å²) in [7, 11) is 0. The summed E-state index contributed by atoms with van der Waals surface area (Å²) >= 11 is 1.49. The molecule has 1 aliphatic rings. The van der Waals surface area contributed by atoms with Gasteiger partial charge in [-0.3, -0.25) is 14.3 Å². The summed E-state index contributed by atoms with van der Waals surface area (Å²) in [5, 5.41) is 9.54. The van der Waals surface area contributed by atoms with Crippen LogP contribution in [0.2, 0.25) is 0 Å². The van der Waals surface area contributed by atoms with Crippen molar-refractivity contribution in [3.63, 3.8) is 0 Å². The van der Waals surface area contributed by atoms with E-state index in [1.54, 1.807) is 12.1 Å². The number of hydrogen-bond acceptors (Lipinski definition) is 5. The van der Waals surface area contributed by atoms with Crippen molar-refractivity contribution in [1.29, 1.82) is 0 Å². The summed E-state index contributed by atoms with van der Waals surface area (Å²) < 4.78 is 6.87. The molecule has 0 saturated carbocycles. The van der Waals surface area contributed by atoms with E-state index in [1.165, 1.54) is 33.6 Å². The van der Waals surface area contributed by atoms with Crippen molar-refractivity contribution in [2.75, 3.05) is 6.61 Å². The lowest BCUT2D eigenvalue weighted by molar-refractivity contribution is 0.0697. The third kappa shape index (κ3) is 3.52. The standard InChI is InChI=1S/C24H20N2O5S/c27-22-20-19-17-5-2-1-4-14(17)8-11-18(19)32-21(20)25-24(30)26(22)12-3-13-31-16-9-6-15(7-10-16)23(28)29/h1-2,4-7,9-10H,3,8,11-13H2,(H,25,30)(H,28,29). The van der Waals surface area contributed by atoms with E-state index >= 15 is 0 Å². The van der Waals surface area contributed by atoms with Gasteiger partial charge >= 0.3 is 11.7 Å². The molecule has 1 aliphatic carbocycles. The number of aromatic amines is 1. The Morgan fingerprint density at radius 2 is 1.88 bits per heavy atom. The summed E-state index contributed by atoms with van der Waals surface area (Å²) in [6.45, 7) is 0.518. The number of hydrogen-bond donors (Lipinski definition) is 2. The molecule has 0 atom stereocenters. The smallest absolute Gasteiger partial charge is 0.335 e. The van der Waals surface area contributed by atoms with Crippen molar-refractivity contribution in [2.24, 2.45) is 0 Å². The SMILES string of the molecule is O=C(O)c1ccc(OCCCn2c(=O)[nH]c3sc4c(c3c2=O)-c2ccccc2CC4)cc1. The fourth-order valence-electron chi connectivity index (χ4n) is 4.16. The topological polar surface area (TPSA) is 101 Å². The van der Waals surface area contributed by atoms with Gasteiger partial charge in [0.15, 0.2) is 0 Å². The maximum absolute atomic E-state index is 13.3. The zero-order chi connectivity index (χ0) is 22.2. The van der Waals surface area contributed by atoms with Gasteiger partial charge in [-0.25, -0.2) is 9.59 Å². The maximum atomic E-state index is 13.3. The number of aromatic carboxylic acids is 1. The second kappa shape index (κ2) is 8.12. The van der Waals surface area contributed by atoms with Crippen molar-refractivity contribution in [1.82, 2.24) is 9.55 Å². The third-order valence-corrected chi connectivity index (χ3v) is 6.87. The number of aryl methyl sites for hydroxylation is 2. The highest BCUT2D eigenvalue weighted by Gasteiger charge is 2.24. The number of fused-ring (bicyclic) bond motifs is 5. The minimum atomic E-state index is -0.996. The van der Waals surface area contributed by atoms with Gasteiger partial charge in [-0.05, 0) is 54.7 Å². The summed E-state index contributed by atoms with van der Waals surface area (Å²) in [5.74, 6) is -0.459. The average molecular weight is 449 g/mol. The van der Waals surface area contributed by atoms with E-state index in [2.05, 4.69) is 11.1 Å². The maximum Gasteiger partial charge on any atom is 0.335 e. The van der Waals surface area contributed by atoms with Gasteiger partial charge in [0.2, 0.25) is 0 Å². The van der Waals surface area contributed by atoms with Crippen LogP contribution in [0.1, 0.15) is 27.2 Å². The van der Waals surface area contributed by atoms with Crippen LogP contribution < -0.4 is 16.0 Å². The molecule has 0 unspecified atom stereocenters. The molecule has 32 heavy (non-hydrogen) atoms. The molecular formula is C24H20N2O5S. The third-order valence-electron chi connectivity index (χ3n) is 5.71. The number of H-pyrrole nitrogens is 1. The molecule has 8 heteroatoms. The molecule has 2 N–H and O–H groups in total. The molecule has 2 heterocycles. The minimum Gasteiger partial charge on any atom is -0.494 e. The lowest BCUT2D eigenvalue weighted by Crippen LogP contribution is -2.35. The lowest BCUT2D eigenvalue weighted by atomic mass is 9.89. The zero-order valence-corrected chi connectivity index (χ0v) is 17.9. The number of rotatable bonds is 6. The second-order valence-corrected chi connectivity index (χ2v) is 8.79. The van der Waals surface area contributed by atoms with Crippen molar-refractivity contribution < 1.29 is 14.6 Å². The first-order chi connectivity index (χ1) is 15.5. The van der Waals surface area contributed by atoms with Gasteiger partial charge in [0.05, 0.1) is 17.6 Å².